The van der Waals surface area contributed by atoms with Gasteiger partial charge in [0.2, 0.25) is 5.91 Å². The number of rotatable bonds is 6. The van der Waals surface area contributed by atoms with Crippen molar-refractivity contribution in [1.82, 2.24) is 15.5 Å². The fourth-order valence-electron chi connectivity index (χ4n) is 3.68. The topological polar surface area (TPSA) is 61.4 Å². The Morgan fingerprint density at radius 1 is 1.28 bits per heavy atom. The summed E-state index contributed by atoms with van der Waals surface area (Å²) in [7, 11) is 0. The zero-order chi connectivity index (χ0) is 17.5. The Bertz CT molecular complexity index is 612. The quantitative estimate of drug-likeness (QED) is 0.761. The first-order valence-electron chi connectivity index (χ1n) is 9.25. The van der Waals surface area contributed by atoms with E-state index in [0.29, 0.717) is 12.6 Å². The van der Waals surface area contributed by atoms with Crippen molar-refractivity contribution in [3.05, 3.63) is 34.0 Å². The van der Waals surface area contributed by atoms with Crippen LogP contribution < -0.4 is 10.6 Å². The number of thiophene rings is 1. The van der Waals surface area contributed by atoms with Gasteiger partial charge in [-0.25, -0.2) is 4.79 Å². The lowest BCUT2D eigenvalue weighted by Gasteiger charge is -2.22. The Kier molecular flexibility index (Phi) is 6.64. The van der Waals surface area contributed by atoms with E-state index < -0.39 is 0 Å². The molecule has 0 saturated carbocycles. The number of carbonyl (C=O) groups excluding carboxylic acids is 2. The van der Waals surface area contributed by atoms with Crippen LogP contribution in [0.4, 0.5) is 4.79 Å². The van der Waals surface area contributed by atoms with Gasteiger partial charge in [0.15, 0.2) is 0 Å². The maximum atomic E-state index is 12.2. The van der Waals surface area contributed by atoms with Crippen molar-refractivity contribution in [2.45, 2.75) is 51.0 Å². The summed E-state index contributed by atoms with van der Waals surface area (Å²) in [5.74, 6) is -0.224. The minimum atomic E-state index is -0.381. The Morgan fingerprint density at radius 3 is 2.96 bits per heavy atom. The maximum absolute atomic E-state index is 12.2. The number of nitrogens with zero attached hydrogens (tertiary/aromatic N) is 1. The second-order valence-electron chi connectivity index (χ2n) is 6.81. The van der Waals surface area contributed by atoms with Crippen LogP contribution in [0.5, 0.6) is 0 Å². The van der Waals surface area contributed by atoms with E-state index in [1.807, 2.05) is 6.07 Å². The van der Waals surface area contributed by atoms with Crippen molar-refractivity contribution >= 4 is 23.3 Å². The van der Waals surface area contributed by atoms with Gasteiger partial charge in [0.05, 0.1) is 6.54 Å². The van der Waals surface area contributed by atoms with Gasteiger partial charge < -0.3 is 5.32 Å². The van der Waals surface area contributed by atoms with E-state index in [1.165, 1.54) is 23.3 Å². The first kappa shape index (κ1) is 18.1. The van der Waals surface area contributed by atoms with Crippen LogP contribution in [0, 0.1) is 0 Å². The highest BCUT2D eigenvalue weighted by atomic mass is 32.1. The number of amides is 3. The molecule has 0 aromatic carbocycles. The second kappa shape index (κ2) is 9.15. The molecule has 0 bridgehead atoms. The zero-order valence-electron chi connectivity index (χ0n) is 14.6. The molecule has 6 heteroatoms. The van der Waals surface area contributed by atoms with Crippen LogP contribution in [-0.2, 0) is 4.79 Å². The number of likely N-dealkylation sites (tertiary alicyclic amines) is 1. The molecule has 1 aliphatic heterocycles. The van der Waals surface area contributed by atoms with E-state index in [9.17, 15) is 9.59 Å². The van der Waals surface area contributed by atoms with Crippen molar-refractivity contribution in [3.63, 3.8) is 0 Å². The predicted octanol–water partition coefficient (Wildman–Crippen LogP) is 3.60. The van der Waals surface area contributed by atoms with Gasteiger partial charge in [0.1, 0.15) is 0 Å². The monoisotopic (exact) mass is 361 g/mol. The first-order chi connectivity index (χ1) is 12.2. The molecule has 1 aliphatic carbocycles. The normalized spacial score (nSPS) is 21.0. The third-order valence-corrected chi connectivity index (χ3v) is 5.93. The number of imide groups is 1. The van der Waals surface area contributed by atoms with Crippen molar-refractivity contribution < 1.29 is 9.59 Å². The summed E-state index contributed by atoms with van der Waals surface area (Å²) in [6, 6.07) is 4.10. The van der Waals surface area contributed by atoms with Crippen molar-refractivity contribution in [2.75, 3.05) is 19.6 Å². The highest BCUT2D eigenvalue weighted by Crippen LogP contribution is 2.33. The summed E-state index contributed by atoms with van der Waals surface area (Å²) in [4.78, 5) is 27.5. The Balaban J connectivity index is 1.38. The average Bonchev–Trinajstić information content (AvgIpc) is 3.26. The van der Waals surface area contributed by atoms with Gasteiger partial charge in [0.25, 0.3) is 0 Å². The number of hydrogen-bond acceptors (Lipinski definition) is 4. The molecule has 2 N–H and O–H groups in total. The van der Waals surface area contributed by atoms with Gasteiger partial charge in [-0.05, 0) is 62.9 Å². The molecule has 2 aliphatic rings. The van der Waals surface area contributed by atoms with Crippen LogP contribution in [0.1, 0.15) is 55.9 Å². The molecule has 1 aromatic rings. The van der Waals surface area contributed by atoms with E-state index in [4.69, 9.17) is 0 Å². The number of allylic oxidation sites excluding steroid dienone is 1. The zero-order valence-corrected chi connectivity index (χ0v) is 15.4. The lowest BCUT2D eigenvalue weighted by atomic mass is 9.97. The molecule has 1 fully saturated rings. The number of urea groups is 1. The van der Waals surface area contributed by atoms with Gasteiger partial charge in [-0.3, -0.25) is 15.0 Å². The molecule has 1 atom stereocenters. The van der Waals surface area contributed by atoms with Crippen LogP contribution in [0.3, 0.4) is 0 Å². The minimum absolute atomic E-state index is 0.224. The minimum Gasteiger partial charge on any atom is -0.337 e. The summed E-state index contributed by atoms with van der Waals surface area (Å²) >= 11 is 1.73. The fraction of sp³-hybridized carbons (Fsp3) is 0.579. The van der Waals surface area contributed by atoms with Gasteiger partial charge in [0, 0.05) is 17.5 Å². The molecule has 3 rings (SSSR count). The molecule has 0 spiro atoms. The Labute approximate surface area is 153 Å². The summed E-state index contributed by atoms with van der Waals surface area (Å²) in [6.07, 6.45) is 10.2. The van der Waals surface area contributed by atoms with E-state index in [1.54, 1.807) is 11.3 Å². The van der Waals surface area contributed by atoms with Crippen LogP contribution in [0.25, 0.3) is 0 Å². The second-order valence-corrected chi connectivity index (χ2v) is 7.79. The fourth-order valence-corrected chi connectivity index (χ4v) is 4.58. The van der Waals surface area contributed by atoms with Crippen molar-refractivity contribution in [3.8, 4) is 0 Å². The summed E-state index contributed by atoms with van der Waals surface area (Å²) < 4.78 is 0. The molecular weight excluding hydrogens is 334 g/mol. The van der Waals surface area contributed by atoms with Crippen LogP contribution >= 0.6 is 11.3 Å². The number of hydrogen-bond donors (Lipinski definition) is 2. The predicted molar refractivity (Wildman–Crippen MR) is 101 cm³/mol. The molecule has 136 valence electrons. The van der Waals surface area contributed by atoms with Crippen LogP contribution in [0.2, 0.25) is 0 Å². The smallest absolute Gasteiger partial charge is 0.321 e. The van der Waals surface area contributed by atoms with Gasteiger partial charge in [-0.1, -0.05) is 17.7 Å². The van der Waals surface area contributed by atoms with Gasteiger partial charge in [-0.2, -0.15) is 0 Å². The highest BCUT2D eigenvalue weighted by molar-refractivity contribution is 7.10. The average molecular weight is 362 g/mol. The number of nitrogens with one attached hydrogen (secondary N) is 2. The largest absolute Gasteiger partial charge is 0.337 e. The van der Waals surface area contributed by atoms with E-state index in [0.717, 1.165) is 38.6 Å². The molecule has 3 amide bonds. The summed E-state index contributed by atoms with van der Waals surface area (Å²) in [5, 5.41) is 7.33. The van der Waals surface area contributed by atoms with Crippen molar-refractivity contribution in [1.29, 1.82) is 0 Å². The lowest BCUT2D eigenvalue weighted by Crippen LogP contribution is -2.44. The Morgan fingerprint density at radius 2 is 2.20 bits per heavy atom. The highest BCUT2D eigenvalue weighted by Gasteiger charge is 2.28. The molecule has 0 unspecified atom stereocenters. The number of carbonyl (C=O) groups is 2. The molecule has 2 heterocycles. The maximum Gasteiger partial charge on any atom is 0.321 e. The third kappa shape index (κ3) is 5.41. The first-order valence-corrected chi connectivity index (χ1v) is 10.1. The van der Waals surface area contributed by atoms with Crippen LogP contribution in [-0.4, -0.2) is 36.5 Å². The molecular formula is C19H27N3O2S. The Hall–Kier alpha value is -1.66. The molecule has 5 nitrogen and oxygen atoms in total. The molecule has 1 aromatic heterocycles. The standard InChI is InChI=1S/C19H27N3O2S/c23-18(14-22-12-4-8-16(22)17-9-5-13-25-17)21-19(24)20-11-10-15-6-2-1-3-7-15/h5-6,9,13,16H,1-4,7-8,10-12,14H2,(H2,20,21,23,24)/t16-/m1/s1. The molecule has 25 heavy (non-hydrogen) atoms. The van der Waals surface area contributed by atoms with E-state index >= 15 is 0 Å². The van der Waals surface area contributed by atoms with Crippen LogP contribution in [0.15, 0.2) is 29.2 Å². The van der Waals surface area contributed by atoms with E-state index in [-0.39, 0.29) is 18.5 Å². The molecule has 0 radical (unpaired) electrons. The molecule has 1 saturated heterocycles. The SMILES string of the molecule is O=C(CN1CCC[C@@H]1c1cccs1)NC(=O)NCCC1=CCCCC1. The lowest BCUT2D eigenvalue weighted by molar-refractivity contribution is -0.121. The van der Waals surface area contributed by atoms with Gasteiger partial charge in [-0.15, -0.1) is 11.3 Å². The summed E-state index contributed by atoms with van der Waals surface area (Å²) in [6.45, 7) is 1.78. The van der Waals surface area contributed by atoms with Gasteiger partial charge >= 0.3 is 6.03 Å². The van der Waals surface area contributed by atoms with Crippen molar-refractivity contribution in [2.24, 2.45) is 0 Å². The van der Waals surface area contributed by atoms with E-state index in [2.05, 4.69) is 33.1 Å². The third-order valence-electron chi connectivity index (χ3n) is 4.95. The summed E-state index contributed by atoms with van der Waals surface area (Å²) in [5.41, 5.74) is 1.42.